The van der Waals surface area contributed by atoms with E-state index < -0.39 is 11.4 Å². The molecule has 30 heavy (non-hydrogen) atoms. The largest absolute Gasteiger partial charge is 0.456 e. The fraction of sp³-hybridized carbons (Fsp3) is 0.381. The SMILES string of the molecule is CCCc1nn2c(=O)cc(COC(=O)c3ccc(NC(=O)C(C)(C)C)cc3)nc2s1. The van der Waals surface area contributed by atoms with Gasteiger partial charge in [-0.1, -0.05) is 39.0 Å². The lowest BCUT2D eigenvalue weighted by atomic mass is 9.95. The van der Waals surface area contributed by atoms with E-state index in [1.165, 1.54) is 21.9 Å². The van der Waals surface area contributed by atoms with E-state index in [-0.39, 0.29) is 18.1 Å². The molecule has 9 heteroatoms. The van der Waals surface area contributed by atoms with Gasteiger partial charge in [0, 0.05) is 23.6 Å². The molecule has 3 aromatic rings. The molecule has 1 N–H and O–H groups in total. The summed E-state index contributed by atoms with van der Waals surface area (Å²) in [5.41, 5.74) is 0.488. The molecule has 0 saturated carbocycles. The number of carbonyl (C=O) groups is 2. The van der Waals surface area contributed by atoms with Gasteiger partial charge < -0.3 is 10.1 Å². The molecule has 0 aliphatic rings. The summed E-state index contributed by atoms with van der Waals surface area (Å²) >= 11 is 1.35. The number of carbonyl (C=O) groups excluding carboxylic acids is 2. The molecule has 158 valence electrons. The minimum atomic E-state index is -0.540. The van der Waals surface area contributed by atoms with E-state index in [9.17, 15) is 14.4 Å². The van der Waals surface area contributed by atoms with Gasteiger partial charge in [0.2, 0.25) is 10.9 Å². The van der Waals surface area contributed by atoms with Gasteiger partial charge in [-0.15, -0.1) is 0 Å². The molecule has 2 aromatic heterocycles. The van der Waals surface area contributed by atoms with Crippen molar-refractivity contribution in [1.29, 1.82) is 0 Å². The maximum Gasteiger partial charge on any atom is 0.338 e. The number of benzene rings is 1. The second-order valence-electron chi connectivity index (χ2n) is 7.88. The van der Waals surface area contributed by atoms with Crippen LogP contribution in [0.15, 0.2) is 35.1 Å². The van der Waals surface area contributed by atoms with Crippen LogP contribution >= 0.6 is 11.3 Å². The maximum absolute atomic E-state index is 12.3. The predicted molar refractivity (Wildman–Crippen MR) is 115 cm³/mol. The first-order valence-electron chi connectivity index (χ1n) is 9.64. The zero-order valence-corrected chi connectivity index (χ0v) is 18.2. The van der Waals surface area contributed by atoms with Crippen molar-refractivity contribution in [2.75, 3.05) is 5.32 Å². The third-order valence-electron chi connectivity index (χ3n) is 4.21. The monoisotopic (exact) mass is 428 g/mol. The number of hydrogen-bond acceptors (Lipinski definition) is 7. The Morgan fingerprint density at radius 2 is 1.90 bits per heavy atom. The van der Waals surface area contributed by atoms with Crippen LogP contribution in [0.1, 0.15) is 55.2 Å². The number of nitrogens with zero attached hydrogens (tertiary/aromatic N) is 3. The number of anilines is 1. The molecule has 1 amide bonds. The van der Waals surface area contributed by atoms with Crippen molar-refractivity contribution in [1.82, 2.24) is 14.6 Å². The van der Waals surface area contributed by atoms with Crippen molar-refractivity contribution >= 4 is 33.9 Å². The molecule has 0 unspecified atom stereocenters. The zero-order valence-electron chi connectivity index (χ0n) is 17.4. The predicted octanol–water partition coefficient (Wildman–Crippen LogP) is 3.45. The molecule has 0 saturated heterocycles. The van der Waals surface area contributed by atoms with Crippen LogP contribution in [-0.2, 0) is 22.6 Å². The standard InChI is InChI=1S/C21H24N4O4S/c1-5-6-16-24-25-17(26)11-15(23-20(25)30-16)12-29-18(27)13-7-9-14(10-8-13)22-19(28)21(2,3)4/h7-11H,5-6,12H2,1-4H3,(H,22,28). The van der Waals surface area contributed by atoms with Crippen molar-refractivity contribution in [3.8, 4) is 0 Å². The molecule has 2 heterocycles. The average Bonchev–Trinajstić information content (AvgIpc) is 3.09. The summed E-state index contributed by atoms with van der Waals surface area (Å²) in [6.45, 7) is 7.39. The first-order valence-corrected chi connectivity index (χ1v) is 10.5. The highest BCUT2D eigenvalue weighted by molar-refractivity contribution is 7.16. The summed E-state index contributed by atoms with van der Waals surface area (Å²) in [7, 11) is 0. The Labute approximate surface area is 177 Å². The quantitative estimate of drug-likeness (QED) is 0.603. The van der Waals surface area contributed by atoms with Crippen LogP contribution in [-0.4, -0.2) is 26.5 Å². The van der Waals surface area contributed by atoms with E-state index in [2.05, 4.69) is 15.4 Å². The Bertz CT molecular complexity index is 1130. The van der Waals surface area contributed by atoms with Gasteiger partial charge in [-0.2, -0.15) is 9.61 Å². The Balaban J connectivity index is 1.65. The van der Waals surface area contributed by atoms with Gasteiger partial charge in [-0.25, -0.2) is 9.78 Å². The van der Waals surface area contributed by atoms with Crippen molar-refractivity contribution in [3.63, 3.8) is 0 Å². The van der Waals surface area contributed by atoms with Crippen LogP contribution in [0.2, 0.25) is 0 Å². The first kappa shape index (κ1) is 21.6. The molecule has 0 aliphatic carbocycles. The molecular weight excluding hydrogens is 404 g/mol. The van der Waals surface area contributed by atoms with Gasteiger partial charge in [-0.3, -0.25) is 9.59 Å². The molecule has 0 spiro atoms. The molecule has 3 rings (SSSR count). The van der Waals surface area contributed by atoms with Crippen LogP contribution in [0.3, 0.4) is 0 Å². The lowest BCUT2D eigenvalue weighted by Crippen LogP contribution is -2.27. The van der Waals surface area contributed by atoms with Gasteiger partial charge in [0.05, 0.1) is 11.3 Å². The third kappa shape index (κ3) is 5.10. The molecule has 0 atom stereocenters. The molecule has 8 nitrogen and oxygen atoms in total. The number of esters is 1. The minimum Gasteiger partial charge on any atom is -0.456 e. The number of nitrogens with one attached hydrogen (secondary N) is 1. The van der Waals surface area contributed by atoms with Crippen molar-refractivity contribution in [2.24, 2.45) is 5.41 Å². The summed E-state index contributed by atoms with van der Waals surface area (Å²) in [6.07, 6.45) is 1.71. The summed E-state index contributed by atoms with van der Waals surface area (Å²) in [5, 5.41) is 7.89. The molecule has 0 fully saturated rings. The number of fused-ring (bicyclic) bond motifs is 1. The van der Waals surface area contributed by atoms with Crippen LogP contribution in [0.4, 0.5) is 5.69 Å². The van der Waals surface area contributed by atoms with Gasteiger partial charge in [0.25, 0.3) is 5.56 Å². The molecule has 0 bridgehead atoms. The lowest BCUT2D eigenvalue weighted by molar-refractivity contribution is -0.123. The summed E-state index contributed by atoms with van der Waals surface area (Å²) in [5.74, 6) is -0.655. The van der Waals surface area contributed by atoms with Crippen LogP contribution < -0.4 is 10.9 Å². The van der Waals surface area contributed by atoms with E-state index in [1.54, 1.807) is 24.3 Å². The Kier molecular flexibility index (Phi) is 6.31. The zero-order chi connectivity index (χ0) is 21.9. The van der Waals surface area contributed by atoms with Gasteiger partial charge in [0.1, 0.15) is 11.6 Å². The molecular formula is C21H24N4O4S. The molecule has 0 radical (unpaired) electrons. The van der Waals surface area contributed by atoms with Gasteiger partial charge in [-0.05, 0) is 30.7 Å². The van der Waals surface area contributed by atoms with Crippen LogP contribution in [0, 0.1) is 5.41 Å². The topological polar surface area (TPSA) is 103 Å². The Hall–Kier alpha value is -3.07. The summed E-state index contributed by atoms with van der Waals surface area (Å²) < 4.78 is 6.56. The lowest BCUT2D eigenvalue weighted by Gasteiger charge is -2.17. The van der Waals surface area contributed by atoms with Crippen LogP contribution in [0.25, 0.3) is 4.96 Å². The molecule has 1 aromatic carbocycles. The number of hydrogen-bond donors (Lipinski definition) is 1. The average molecular weight is 429 g/mol. The number of aryl methyl sites for hydroxylation is 1. The molecule has 0 aliphatic heterocycles. The second kappa shape index (κ2) is 8.74. The summed E-state index contributed by atoms with van der Waals surface area (Å²) in [6, 6.07) is 7.76. The minimum absolute atomic E-state index is 0.115. The fourth-order valence-electron chi connectivity index (χ4n) is 2.52. The highest BCUT2D eigenvalue weighted by atomic mass is 32.1. The number of aromatic nitrogens is 3. The highest BCUT2D eigenvalue weighted by Gasteiger charge is 2.21. The summed E-state index contributed by atoms with van der Waals surface area (Å²) in [4.78, 5) is 41.4. The maximum atomic E-state index is 12.3. The highest BCUT2D eigenvalue weighted by Crippen LogP contribution is 2.18. The van der Waals surface area contributed by atoms with E-state index in [4.69, 9.17) is 4.74 Å². The van der Waals surface area contributed by atoms with E-state index in [1.807, 2.05) is 27.7 Å². The van der Waals surface area contributed by atoms with Crippen LogP contribution in [0.5, 0.6) is 0 Å². The van der Waals surface area contributed by atoms with Crippen molar-refractivity contribution < 1.29 is 14.3 Å². The van der Waals surface area contributed by atoms with E-state index in [0.29, 0.717) is 21.9 Å². The Morgan fingerprint density at radius 3 is 2.53 bits per heavy atom. The van der Waals surface area contributed by atoms with E-state index in [0.717, 1.165) is 17.8 Å². The second-order valence-corrected chi connectivity index (χ2v) is 8.92. The number of rotatable bonds is 6. The Morgan fingerprint density at radius 1 is 1.20 bits per heavy atom. The first-order chi connectivity index (χ1) is 14.2. The smallest absolute Gasteiger partial charge is 0.338 e. The van der Waals surface area contributed by atoms with Crippen molar-refractivity contribution in [2.45, 2.75) is 47.1 Å². The normalized spacial score (nSPS) is 11.5. The number of amides is 1. The van der Waals surface area contributed by atoms with Gasteiger partial charge >= 0.3 is 5.97 Å². The van der Waals surface area contributed by atoms with Gasteiger partial charge in [0.15, 0.2) is 0 Å². The number of ether oxygens (including phenoxy) is 1. The fourth-order valence-corrected chi connectivity index (χ4v) is 3.54. The van der Waals surface area contributed by atoms with Crippen molar-refractivity contribution in [3.05, 3.63) is 57.0 Å². The third-order valence-corrected chi connectivity index (χ3v) is 5.18. The van der Waals surface area contributed by atoms with E-state index >= 15 is 0 Å².